The molecule has 3 aromatic rings. The molecule has 0 spiro atoms. The van der Waals surface area contributed by atoms with Crippen LogP contribution < -0.4 is 10.6 Å². The molecule has 0 aromatic heterocycles. The van der Waals surface area contributed by atoms with E-state index >= 15 is 0 Å². The Balaban J connectivity index is 1.86. The van der Waals surface area contributed by atoms with Crippen molar-refractivity contribution in [2.45, 2.75) is 64.6 Å². The number of benzene rings is 3. The van der Waals surface area contributed by atoms with E-state index in [1.54, 1.807) is 4.90 Å². The monoisotopic (exact) mass is 599 g/mol. The molecule has 9 heteroatoms. The summed E-state index contributed by atoms with van der Waals surface area (Å²) in [5.74, 6) is -2.31. The van der Waals surface area contributed by atoms with Crippen LogP contribution in [-0.2, 0) is 12.0 Å². The summed E-state index contributed by atoms with van der Waals surface area (Å²) in [7, 11) is 0. The van der Waals surface area contributed by atoms with Crippen molar-refractivity contribution in [3.8, 4) is 0 Å². The van der Waals surface area contributed by atoms with Crippen molar-refractivity contribution in [1.82, 2.24) is 15.5 Å². The standard InChI is InChI=1S/C33H40ClF2N3O3/c1-5-12-39(13-6-2)32(42)24-17-23(18-26(34)19-24)31(41)38-29(16-22-14-27(35)20-28(36)15-22)30(40)21-37-33(3,4)25-10-8-7-9-11-25/h7-11,14-15,17-20,29-30,37,40H,5-6,12-13,16,21H2,1-4H3,(H,38,41)/t29-,30+/m0/s1. The first kappa shape index (κ1) is 33.2. The third kappa shape index (κ3) is 9.34. The lowest BCUT2D eigenvalue weighted by molar-refractivity contribution is 0.0755. The predicted molar refractivity (Wildman–Crippen MR) is 163 cm³/mol. The minimum Gasteiger partial charge on any atom is -0.390 e. The molecule has 0 aliphatic carbocycles. The Hall–Kier alpha value is -3.33. The van der Waals surface area contributed by atoms with Gasteiger partial charge >= 0.3 is 0 Å². The number of carbonyl (C=O) groups is 2. The second kappa shape index (κ2) is 15.2. The number of halogens is 3. The minimum atomic E-state index is -1.13. The van der Waals surface area contributed by atoms with Gasteiger partial charge in [0.25, 0.3) is 11.8 Å². The van der Waals surface area contributed by atoms with Crippen LogP contribution in [-0.4, -0.2) is 53.6 Å². The molecule has 226 valence electrons. The first-order chi connectivity index (χ1) is 19.9. The molecule has 3 N–H and O–H groups in total. The van der Waals surface area contributed by atoms with Crippen LogP contribution in [0.15, 0.2) is 66.7 Å². The number of hydrogen-bond donors (Lipinski definition) is 3. The van der Waals surface area contributed by atoms with Crippen LogP contribution in [0.4, 0.5) is 8.78 Å². The Bertz CT molecular complexity index is 1330. The molecule has 2 amide bonds. The summed E-state index contributed by atoms with van der Waals surface area (Å²) in [5, 5.41) is 17.6. The van der Waals surface area contributed by atoms with Gasteiger partial charge in [0, 0.05) is 47.4 Å². The zero-order valence-electron chi connectivity index (χ0n) is 24.6. The number of nitrogens with zero attached hydrogens (tertiary/aromatic N) is 1. The maximum atomic E-state index is 14.0. The van der Waals surface area contributed by atoms with Gasteiger partial charge in [0.1, 0.15) is 11.6 Å². The Kier molecular flexibility index (Phi) is 12.0. The summed E-state index contributed by atoms with van der Waals surface area (Å²) in [4.78, 5) is 28.4. The Morgan fingerprint density at radius 2 is 1.52 bits per heavy atom. The molecule has 42 heavy (non-hydrogen) atoms. The van der Waals surface area contributed by atoms with Crippen LogP contribution in [0.25, 0.3) is 0 Å². The Labute approximate surface area is 252 Å². The lowest BCUT2D eigenvalue weighted by atomic mass is 9.93. The number of aliphatic hydroxyl groups is 1. The summed E-state index contributed by atoms with van der Waals surface area (Å²) < 4.78 is 28.0. The van der Waals surface area contributed by atoms with Crippen molar-refractivity contribution < 1.29 is 23.5 Å². The molecule has 6 nitrogen and oxygen atoms in total. The van der Waals surface area contributed by atoms with E-state index in [1.165, 1.54) is 30.3 Å². The lowest BCUT2D eigenvalue weighted by Crippen LogP contribution is -2.51. The van der Waals surface area contributed by atoms with Crippen molar-refractivity contribution in [1.29, 1.82) is 0 Å². The molecule has 0 saturated heterocycles. The molecule has 0 aliphatic heterocycles. The second-order valence-electron chi connectivity index (χ2n) is 11.0. The van der Waals surface area contributed by atoms with Gasteiger partial charge in [-0.15, -0.1) is 0 Å². The van der Waals surface area contributed by atoms with Gasteiger partial charge in [0.05, 0.1) is 12.1 Å². The highest BCUT2D eigenvalue weighted by Crippen LogP contribution is 2.21. The Morgan fingerprint density at radius 3 is 2.12 bits per heavy atom. The van der Waals surface area contributed by atoms with Gasteiger partial charge in [-0.05, 0) is 74.6 Å². The van der Waals surface area contributed by atoms with Gasteiger partial charge in [-0.25, -0.2) is 8.78 Å². The van der Waals surface area contributed by atoms with Crippen molar-refractivity contribution in [3.63, 3.8) is 0 Å². The van der Waals surface area contributed by atoms with E-state index in [0.717, 1.165) is 24.5 Å². The van der Waals surface area contributed by atoms with E-state index in [4.69, 9.17) is 11.6 Å². The molecule has 0 unspecified atom stereocenters. The van der Waals surface area contributed by atoms with E-state index < -0.39 is 35.2 Å². The highest BCUT2D eigenvalue weighted by atomic mass is 35.5. The van der Waals surface area contributed by atoms with Gasteiger partial charge in [-0.3, -0.25) is 9.59 Å². The van der Waals surface area contributed by atoms with Gasteiger partial charge in [-0.2, -0.15) is 0 Å². The molecule has 0 aliphatic rings. The smallest absolute Gasteiger partial charge is 0.253 e. The minimum absolute atomic E-state index is 0.0395. The van der Waals surface area contributed by atoms with Crippen molar-refractivity contribution in [3.05, 3.63) is 106 Å². The van der Waals surface area contributed by atoms with Gasteiger partial charge in [0.2, 0.25) is 0 Å². The van der Waals surface area contributed by atoms with Gasteiger partial charge in [-0.1, -0.05) is 55.8 Å². The van der Waals surface area contributed by atoms with E-state index in [-0.39, 0.29) is 40.6 Å². The van der Waals surface area contributed by atoms with E-state index in [1.807, 2.05) is 58.0 Å². The molecular weight excluding hydrogens is 560 g/mol. The predicted octanol–water partition coefficient (Wildman–Crippen LogP) is 6.11. The Morgan fingerprint density at radius 1 is 0.929 bits per heavy atom. The molecular formula is C33H40ClF2N3O3. The van der Waals surface area contributed by atoms with E-state index in [2.05, 4.69) is 10.6 Å². The summed E-state index contributed by atoms with van der Waals surface area (Å²) in [6, 6.07) is 16.3. The summed E-state index contributed by atoms with van der Waals surface area (Å²) in [6.07, 6.45) is 0.403. The van der Waals surface area contributed by atoms with Crippen LogP contribution in [0, 0.1) is 11.6 Å². The quantitative estimate of drug-likeness (QED) is 0.209. The van der Waals surface area contributed by atoms with Crippen LogP contribution in [0.3, 0.4) is 0 Å². The number of aliphatic hydroxyl groups excluding tert-OH is 1. The maximum Gasteiger partial charge on any atom is 0.253 e. The third-order valence-electron chi connectivity index (χ3n) is 7.09. The van der Waals surface area contributed by atoms with Crippen LogP contribution >= 0.6 is 11.6 Å². The third-order valence-corrected chi connectivity index (χ3v) is 7.31. The van der Waals surface area contributed by atoms with Gasteiger partial charge < -0.3 is 20.6 Å². The first-order valence-corrected chi connectivity index (χ1v) is 14.7. The van der Waals surface area contributed by atoms with Crippen LogP contribution in [0.1, 0.15) is 72.4 Å². The SMILES string of the molecule is CCCN(CCC)C(=O)c1cc(Cl)cc(C(=O)N[C@@H](Cc2cc(F)cc(F)c2)[C@H](O)CNC(C)(C)c2ccccc2)c1. The molecule has 0 radical (unpaired) electrons. The highest BCUT2D eigenvalue weighted by Gasteiger charge is 2.27. The average Bonchev–Trinajstić information content (AvgIpc) is 2.94. The molecule has 0 fully saturated rings. The van der Waals surface area contributed by atoms with Crippen molar-refractivity contribution >= 4 is 23.4 Å². The lowest BCUT2D eigenvalue weighted by Gasteiger charge is -2.31. The van der Waals surface area contributed by atoms with Crippen molar-refractivity contribution in [2.75, 3.05) is 19.6 Å². The topological polar surface area (TPSA) is 81.7 Å². The average molecular weight is 600 g/mol. The highest BCUT2D eigenvalue weighted by molar-refractivity contribution is 6.31. The van der Waals surface area contributed by atoms with Gasteiger partial charge in [0.15, 0.2) is 0 Å². The number of amides is 2. The summed E-state index contributed by atoms with van der Waals surface area (Å²) >= 11 is 6.33. The first-order valence-electron chi connectivity index (χ1n) is 14.3. The van der Waals surface area contributed by atoms with Crippen LogP contribution in [0.2, 0.25) is 5.02 Å². The zero-order chi connectivity index (χ0) is 30.9. The van der Waals surface area contributed by atoms with Crippen molar-refractivity contribution in [2.24, 2.45) is 0 Å². The van der Waals surface area contributed by atoms with Crippen LogP contribution in [0.5, 0.6) is 0 Å². The molecule has 3 aromatic carbocycles. The van der Waals surface area contributed by atoms with E-state index in [0.29, 0.717) is 13.1 Å². The zero-order valence-corrected chi connectivity index (χ0v) is 25.3. The maximum absolute atomic E-state index is 14.0. The van der Waals surface area contributed by atoms with E-state index in [9.17, 15) is 23.5 Å². The molecule has 0 heterocycles. The number of hydrogen-bond acceptors (Lipinski definition) is 4. The molecule has 2 atom stereocenters. The fraction of sp³-hybridized carbons (Fsp3) is 0.394. The second-order valence-corrected chi connectivity index (χ2v) is 11.5. The number of nitrogens with one attached hydrogen (secondary N) is 2. The fourth-order valence-corrected chi connectivity index (χ4v) is 5.09. The molecule has 3 rings (SSSR count). The normalized spacial score (nSPS) is 13.0. The molecule has 0 bridgehead atoms. The molecule has 0 saturated carbocycles. The largest absolute Gasteiger partial charge is 0.390 e. The fourth-order valence-electron chi connectivity index (χ4n) is 4.86. The number of carbonyl (C=O) groups excluding carboxylic acids is 2. The number of rotatable bonds is 14. The summed E-state index contributed by atoms with van der Waals surface area (Å²) in [5.41, 5.74) is 1.19. The summed E-state index contributed by atoms with van der Waals surface area (Å²) in [6.45, 7) is 9.13.